The van der Waals surface area contributed by atoms with Crippen molar-refractivity contribution in [1.82, 2.24) is 9.97 Å². The summed E-state index contributed by atoms with van der Waals surface area (Å²) in [4.78, 5) is 10.2. The molecule has 6 heteroatoms. The number of thiophene rings is 1. The van der Waals surface area contributed by atoms with Crippen LogP contribution in [0.3, 0.4) is 0 Å². The average Bonchev–Trinajstić information content (AvgIpc) is 2.90. The topological polar surface area (TPSA) is 75.9 Å². The quantitative estimate of drug-likeness (QED) is 0.563. The van der Waals surface area contributed by atoms with Crippen molar-refractivity contribution in [2.75, 3.05) is 10.7 Å². The van der Waals surface area contributed by atoms with E-state index in [0.717, 1.165) is 18.1 Å². The van der Waals surface area contributed by atoms with Crippen molar-refractivity contribution in [3.05, 3.63) is 34.3 Å². The number of rotatable bonds is 6. The lowest BCUT2D eigenvalue weighted by Crippen LogP contribution is -2.20. The van der Waals surface area contributed by atoms with Gasteiger partial charge in [0.25, 0.3) is 0 Å². The number of hydrazine groups is 1. The van der Waals surface area contributed by atoms with Gasteiger partial charge in [0.2, 0.25) is 0 Å². The van der Waals surface area contributed by atoms with E-state index in [2.05, 4.69) is 59.0 Å². The molecular formula is C14H21N5S. The summed E-state index contributed by atoms with van der Waals surface area (Å²) in [5.41, 5.74) is 2.59. The summed E-state index contributed by atoms with van der Waals surface area (Å²) in [6.07, 6.45) is 0.976. The minimum atomic E-state index is 0.261. The summed E-state index contributed by atoms with van der Waals surface area (Å²) in [6, 6.07) is 6.35. The number of aromatic nitrogens is 2. The lowest BCUT2D eigenvalue weighted by molar-refractivity contribution is 0.757. The molecule has 0 amide bonds. The number of hydrogen-bond acceptors (Lipinski definition) is 6. The average molecular weight is 291 g/mol. The molecule has 2 heterocycles. The molecule has 5 nitrogen and oxygen atoms in total. The van der Waals surface area contributed by atoms with E-state index in [4.69, 9.17) is 5.84 Å². The smallest absolute Gasteiger partial charge is 0.145 e. The largest absolute Gasteiger partial charge is 0.367 e. The SMILES string of the molecule is CC(Cc1cccs1)Nc1cc(NN)nc(C(C)C)n1. The molecule has 2 rings (SSSR count). The van der Waals surface area contributed by atoms with Gasteiger partial charge in [-0.3, -0.25) is 0 Å². The maximum atomic E-state index is 5.46. The third kappa shape index (κ3) is 3.91. The second kappa shape index (κ2) is 6.67. The van der Waals surface area contributed by atoms with Gasteiger partial charge in [0.15, 0.2) is 0 Å². The van der Waals surface area contributed by atoms with Crippen LogP contribution < -0.4 is 16.6 Å². The van der Waals surface area contributed by atoms with Crippen LogP contribution in [-0.4, -0.2) is 16.0 Å². The zero-order chi connectivity index (χ0) is 14.5. The van der Waals surface area contributed by atoms with Crippen molar-refractivity contribution in [1.29, 1.82) is 0 Å². The van der Waals surface area contributed by atoms with Crippen LogP contribution in [0.1, 0.15) is 37.4 Å². The molecule has 0 bridgehead atoms. The zero-order valence-corrected chi connectivity index (χ0v) is 12.9. The highest BCUT2D eigenvalue weighted by molar-refractivity contribution is 7.09. The second-order valence-corrected chi connectivity index (χ2v) is 6.16. The highest BCUT2D eigenvalue weighted by Crippen LogP contribution is 2.18. The Bertz CT molecular complexity index is 539. The number of nitrogens with zero attached hydrogens (tertiary/aromatic N) is 2. The molecule has 0 saturated heterocycles. The number of anilines is 2. The van der Waals surface area contributed by atoms with E-state index in [9.17, 15) is 0 Å². The number of hydrogen-bond donors (Lipinski definition) is 3. The molecule has 4 N–H and O–H groups in total. The maximum absolute atomic E-state index is 5.46. The van der Waals surface area contributed by atoms with Gasteiger partial charge in [-0.05, 0) is 18.4 Å². The third-order valence-electron chi connectivity index (χ3n) is 2.89. The summed E-state index contributed by atoms with van der Waals surface area (Å²) in [5, 5.41) is 5.51. The van der Waals surface area contributed by atoms with E-state index < -0.39 is 0 Å². The molecule has 108 valence electrons. The van der Waals surface area contributed by atoms with E-state index >= 15 is 0 Å². The molecule has 0 aliphatic heterocycles. The molecular weight excluding hydrogens is 270 g/mol. The van der Waals surface area contributed by atoms with Crippen LogP contribution in [0.5, 0.6) is 0 Å². The van der Waals surface area contributed by atoms with Crippen molar-refractivity contribution in [3.8, 4) is 0 Å². The van der Waals surface area contributed by atoms with Gasteiger partial charge in [0, 0.05) is 29.3 Å². The molecule has 1 unspecified atom stereocenters. The van der Waals surface area contributed by atoms with Crippen LogP contribution in [0.25, 0.3) is 0 Å². The van der Waals surface area contributed by atoms with Gasteiger partial charge in [-0.2, -0.15) is 0 Å². The normalized spacial score (nSPS) is 12.4. The highest BCUT2D eigenvalue weighted by atomic mass is 32.1. The van der Waals surface area contributed by atoms with E-state index in [0.29, 0.717) is 11.9 Å². The first-order valence-electron chi connectivity index (χ1n) is 6.73. The van der Waals surface area contributed by atoms with Gasteiger partial charge in [-0.1, -0.05) is 19.9 Å². The number of nitrogens with two attached hydrogens (primary N) is 1. The molecule has 2 aromatic heterocycles. The van der Waals surface area contributed by atoms with Crippen molar-refractivity contribution in [2.24, 2.45) is 5.84 Å². The summed E-state index contributed by atoms with van der Waals surface area (Å²) >= 11 is 1.77. The van der Waals surface area contributed by atoms with Crippen LogP contribution in [0.15, 0.2) is 23.6 Å². The molecule has 0 radical (unpaired) electrons. The lowest BCUT2D eigenvalue weighted by Gasteiger charge is -2.16. The van der Waals surface area contributed by atoms with E-state index in [1.807, 2.05) is 6.07 Å². The fourth-order valence-electron chi connectivity index (χ4n) is 1.91. The van der Waals surface area contributed by atoms with Gasteiger partial charge in [0.1, 0.15) is 17.5 Å². The lowest BCUT2D eigenvalue weighted by atomic mass is 10.2. The molecule has 2 aromatic rings. The van der Waals surface area contributed by atoms with Crippen LogP contribution in [0.4, 0.5) is 11.6 Å². The Labute approximate surface area is 123 Å². The summed E-state index contributed by atoms with van der Waals surface area (Å²) < 4.78 is 0. The molecule has 1 atom stereocenters. The highest BCUT2D eigenvalue weighted by Gasteiger charge is 2.10. The Kier molecular flexibility index (Phi) is 4.92. The summed E-state index contributed by atoms with van der Waals surface area (Å²) in [6.45, 7) is 6.27. The van der Waals surface area contributed by atoms with E-state index in [1.54, 1.807) is 11.3 Å². The molecule has 0 spiro atoms. The van der Waals surface area contributed by atoms with Crippen molar-refractivity contribution >= 4 is 23.0 Å². The van der Waals surface area contributed by atoms with E-state index in [-0.39, 0.29) is 5.92 Å². The minimum absolute atomic E-state index is 0.261. The fourth-order valence-corrected chi connectivity index (χ4v) is 2.74. The van der Waals surface area contributed by atoms with Gasteiger partial charge in [-0.25, -0.2) is 15.8 Å². The first-order chi connectivity index (χ1) is 9.58. The predicted molar refractivity (Wildman–Crippen MR) is 85.0 cm³/mol. The maximum Gasteiger partial charge on any atom is 0.145 e. The van der Waals surface area contributed by atoms with Gasteiger partial charge in [0.05, 0.1) is 0 Å². The molecule has 0 aromatic carbocycles. The first kappa shape index (κ1) is 14.7. The Hall–Kier alpha value is -1.66. The summed E-state index contributed by atoms with van der Waals surface area (Å²) in [5.74, 6) is 7.95. The van der Waals surface area contributed by atoms with Crippen molar-refractivity contribution in [3.63, 3.8) is 0 Å². The predicted octanol–water partition coefficient (Wildman–Crippen LogP) is 2.99. The Morgan fingerprint density at radius 3 is 2.60 bits per heavy atom. The summed E-state index contributed by atoms with van der Waals surface area (Å²) in [7, 11) is 0. The second-order valence-electron chi connectivity index (χ2n) is 5.12. The molecule has 0 fully saturated rings. The van der Waals surface area contributed by atoms with Crippen LogP contribution >= 0.6 is 11.3 Å². The molecule has 0 aliphatic carbocycles. The van der Waals surface area contributed by atoms with Crippen LogP contribution in [-0.2, 0) is 6.42 Å². The Morgan fingerprint density at radius 1 is 1.25 bits per heavy atom. The van der Waals surface area contributed by atoms with Gasteiger partial charge < -0.3 is 10.7 Å². The van der Waals surface area contributed by atoms with Crippen molar-refractivity contribution in [2.45, 2.75) is 39.2 Å². The van der Waals surface area contributed by atoms with Crippen LogP contribution in [0.2, 0.25) is 0 Å². The zero-order valence-electron chi connectivity index (χ0n) is 12.1. The number of nitrogen functional groups attached to an aromatic ring is 1. The Morgan fingerprint density at radius 2 is 2.00 bits per heavy atom. The van der Waals surface area contributed by atoms with Gasteiger partial charge in [-0.15, -0.1) is 11.3 Å². The van der Waals surface area contributed by atoms with Crippen LogP contribution in [0, 0.1) is 0 Å². The first-order valence-corrected chi connectivity index (χ1v) is 7.61. The van der Waals surface area contributed by atoms with E-state index in [1.165, 1.54) is 4.88 Å². The number of nitrogens with one attached hydrogen (secondary N) is 2. The Balaban J connectivity index is 2.09. The molecule has 0 saturated carbocycles. The molecule has 0 aliphatic rings. The van der Waals surface area contributed by atoms with Crippen molar-refractivity contribution < 1.29 is 0 Å². The fraction of sp³-hybridized carbons (Fsp3) is 0.429. The monoisotopic (exact) mass is 291 g/mol. The standard InChI is InChI=1S/C14H21N5S/c1-9(2)14-17-12(8-13(18-14)19-15)16-10(3)7-11-5-4-6-20-11/h4-6,8-10H,7,15H2,1-3H3,(H2,16,17,18,19). The molecule has 20 heavy (non-hydrogen) atoms. The minimum Gasteiger partial charge on any atom is -0.367 e. The third-order valence-corrected chi connectivity index (χ3v) is 3.79. The van der Waals surface area contributed by atoms with Gasteiger partial charge >= 0.3 is 0 Å².